The lowest BCUT2D eigenvalue weighted by Gasteiger charge is -2.36. The maximum absolute atomic E-state index is 13.8. The molecule has 0 spiro atoms. The number of piperazine rings is 1. The van der Waals surface area contributed by atoms with Crippen LogP contribution in [0.4, 0.5) is 0 Å². The minimum absolute atomic E-state index is 0. The van der Waals surface area contributed by atoms with Gasteiger partial charge in [0, 0.05) is 51.1 Å². The molecule has 67 heavy (non-hydrogen) atoms. The third-order valence-electron chi connectivity index (χ3n) is 12.9. The second-order valence-electron chi connectivity index (χ2n) is 17.8. The molecule has 0 saturated carbocycles. The van der Waals surface area contributed by atoms with Crippen molar-refractivity contribution in [2.45, 2.75) is 62.8 Å². The molecule has 0 atom stereocenters. The van der Waals surface area contributed by atoms with Gasteiger partial charge in [-0.25, -0.2) is 0 Å². The molecule has 6 nitrogen and oxygen atoms in total. The minimum Gasteiger partial charge on any atom is -0.342 e. The zero-order chi connectivity index (χ0) is 44.9. The van der Waals surface area contributed by atoms with Crippen LogP contribution >= 0.6 is 14.5 Å². The molecule has 8 heteroatoms. The van der Waals surface area contributed by atoms with E-state index in [-0.39, 0.29) is 45.9 Å². The molecule has 0 aliphatic carbocycles. The molecule has 0 aromatic heterocycles. The van der Waals surface area contributed by atoms with Crippen molar-refractivity contribution in [3.05, 3.63) is 182 Å². The average Bonchev–Trinajstić information content (AvgIpc) is 3.36. The number of carbonyl (C=O) groups is 3. The van der Waals surface area contributed by atoms with Crippen LogP contribution in [0.1, 0.15) is 62.8 Å². The van der Waals surface area contributed by atoms with E-state index in [0.29, 0.717) is 44.2 Å². The summed E-state index contributed by atoms with van der Waals surface area (Å²) < 4.78 is 0. The zero-order valence-corrected chi connectivity index (χ0v) is 39.9. The van der Waals surface area contributed by atoms with Crippen LogP contribution in [0.2, 0.25) is 0 Å². The molecule has 8 rings (SSSR count). The quantitative estimate of drug-likeness (QED) is 0.115. The molecule has 6 aromatic carbocycles. The predicted octanol–water partition coefficient (Wildman–Crippen LogP) is 10.1. The summed E-state index contributed by atoms with van der Waals surface area (Å²) in [7, 11) is -3.99. The molecular formula is C59H77N3O3P2+2. The number of amides is 3. The number of carbonyl (C=O) groups excluding carboxylic acids is 3. The van der Waals surface area contributed by atoms with Gasteiger partial charge in [0.25, 0.3) is 5.91 Å². The molecule has 354 valence electrons. The van der Waals surface area contributed by atoms with E-state index in [4.69, 9.17) is 0 Å². The normalized spacial score (nSPS) is 14.1. The third kappa shape index (κ3) is 12.6. The Hall–Kier alpha value is -5.41. The van der Waals surface area contributed by atoms with Crippen LogP contribution in [0, 0.1) is 17.8 Å². The summed E-state index contributed by atoms with van der Waals surface area (Å²) in [4.78, 5) is 44.6. The van der Waals surface area contributed by atoms with Crippen molar-refractivity contribution in [3.63, 3.8) is 0 Å². The summed E-state index contributed by atoms with van der Waals surface area (Å²) >= 11 is 0. The van der Waals surface area contributed by atoms with Crippen molar-refractivity contribution < 1.29 is 14.4 Å². The van der Waals surface area contributed by atoms with E-state index in [1.54, 1.807) is 0 Å². The summed E-state index contributed by atoms with van der Waals surface area (Å²) in [5.74, 6) is 1.32. The monoisotopic (exact) mass is 938 g/mol. The standard InChI is InChI=1S/C28H32N2O2P.C28H33NOP.3CH4/c1-23(2)28(32)30-20-18-29(19-21-30)27(31)22-33(24-12-6-3-7-13-24,25-14-8-4-9-15-25)26-16-10-5-11-17-26;1-23(2)28(30)29-20-18-24(19-21-29)22-31(25-12-6-3-7-13-25,26-14-8-4-9-15-26)27-16-10-5-11-17-27;;;/h3-17,23H,18-22H2,1-2H3;3-17,23-24H,18-22H2,1-2H3;3*1H4/q2*+1;;;. The number of likely N-dealkylation sites (tertiary alicyclic amines) is 1. The molecule has 2 heterocycles. The molecule has 0 radical (unpaired) electrons. The molecule has 2 saturated heterocycles. The van der Waals surface area contributed by atoms with E-state index in [2.05, 4.69) is 169 Å². The van der Waals surface area contributed by atoms with E-state index in [0.717, 1.165) is 32.1 Å². The Kier molecular flexibility index (Phi) is 20.7. The fourth-order valence-corrected chi connectivity index (χ4v) is 18.3. The van der Waals surface area contributed by atoms with E-state index in [1.807, 2.05) is 55.7 Å². The minimum atomic E-state index is -2.20. The summed E-state index contributed by atoms with van der Waals surface area (Å²) in [6, 6.07) is 64.9. The predicted molar refractivity (Wildman–Crippen MR) is 292 cm³/mol. The Morgan fingerprint density at radius 3 is 0.940 bits per heavy atom. The first-order valence-electron chi connectivity index (χ1n) is 23.1. The lowest BCUT2D eigenvalue weighted by Crippen LogP contribution is -2.53. The first-order valence-corrected chi connectivity index (χ1v) is 27.0. The average molecular weight is 938 g/mol. The Bertz CT molecular complexity index is 2170. The summed E-state index contributed by atoms with van der Waals surface area (Å²) in [5.41, 5.74) is 0. The Morgan fingerprint density at radius 2 is 0.657 bits per heavy atom. The fourth-order valence-electron chi connectivity index (χ4n) is 9.51. The lowest BCUT2D eigenvalue weighted by molar-refractivity contribution is -0.140. The topological polar surface area (TPSA) is 60.9 Å². The SMILES string of the molecule is C.C.C.CC(C)C(=O)N1CCC(C[P+](c2ccccc2)(c2ccccc2)c2ccccc2)CC1.CC(C)C(=O)N1CCN(C(=O)C[P+](c2ccccc2)(c2ccccc2)c2ccccc2)CC1. The summed E-state index contributed by atoms with van der Waals surface area (Å²) in [6.07, 6.45) is 3.79. The van der Waals surface area contributed by atoms with Crippen LogP contribution in [0.25, 0.3) is 0 Å². The Balaban J connectivity index is 0.000000280. The van der Waals surface area contributed by atoms with E-state index >= 15 is 0 Å². The number of nitrogens with zero attached hydrogens (tertiary/aromatic N) is 3. The molecule has 2 fully saturated rings. The van der Waals surface area contributed by atoms with Gasteiger partial charge in [0.15, 0.2) is 6.16 Å². The highest BCUT2D eigenvalue weighted by Gasteiger charge is 2.49. The van der Waals surface area contributed by atoms with Gasteiger partial charge in [0.2, 0.25) is 11.8 Å². The van der Waals surface area contributed by atoms with Crippen LogP contribution in [0.15, 0.2) is 182 Å². The van der Waals surface area contributed by atoms with Gasteiger partial charge in [0.05, 0.1) is 6.16 Å². The van der Waals surface area contributed by atoms with Crippen molar-refractivity contribution in [1.29, 1.82) is 0 Å². The van der Waals surface area contributed by atoms with Crippen LogP contribution < -0.4 is 31.8 Å². The molecule has 0 unspecified atom stereocenters. The number of rotatable bonds is 12. The molecule has 0 bridgehead atoms. The molecule has 6 aromatic rings. The second kappa shape index (κ2) is 25.6. The van der Waals surface area contributed by atoms with Gasteiger partial charge >= 0.3 is 0 Å². The number of piperidine rings is 1. The van der Waals surface area contributed by atoms with Crippen molar-refractivity contribution in [2.24, 2.45) is 17.8 Å². The zero-order valence-electron chi connectivity index (χ0n) is 38.1. The lowest BCUT2D eigenvalue weighted by atomic mass is 9.98. The summed E-state index contributed by atoms with van der Waals surface area (Å²) in [6.45, 7) is 12.0. The van der Waals surface area contributed by atoms with E-state index < -0.39 is 14.5 Å². The first-order chi connectivity index (χ1) is 31.1. The Morgan fingerprint density at radius 1 is 0.403 bits per heavy atom. The van der Waals surface area contributed by atoms with Crippen LogP contribution in [0.5, 0.6) is 0 Å². The molecule has 2 aliphatic rings. The van der Waals surface area contributed by atoms with Gasteiger partial charge in [-0.2, -0.15) is 0 Å². The molecule has 0 N–H and O–H groups in total. The molecule has 2 aliphatic heterocycles. The summed E-state index contributed by atoms with van der Waals surface area (Å²) in [5, 5.41) is 7.99. The molecule has 3 amide bonds. The Labute approximate surface area is 405 Å². The van der Waals surface area contributed by atoms with Crippen molar-refractivity contribution in [1.82, 2.24) is 14.7 Å². The maximum Gasteiger partial charge on any atom is 0.261 e. The van der Waals surface area contributed by atoms with Gasteiger partial charge in [-0.05, 0) is 91.6 Å². The van der Waals surface area contributed by atoms with E-state index in [9.17, 15) is 14.4 Å². The highest BCUT2D eigenvalue weighted by Crippen LogP contribution is 2.58. The van der Waals surface area contributed by atoms with Crippen molar-refractivity contribution >= 4 is 64.1 Å². The van der Waals surface area contributed by atoms with Gasteiger partial charge in [0.1, 0.15) is 46.4 Å². The highest BCUT2D eigenvalue weighted by molar-refractivity contribution is 7.96. The molecular weight excluding hydrogens is 861 g/mol. The van der Waals surface area contributed by atoms with Crippen LogP contribution in [-0.2, 0) is 14.4 Å². The van der Waals surface area contributed by atoms with Gasteiger partial charge in [-0.3, -0.25) is 14.4 Å². The van der Waals surface area contributed by atoms with Gasteiger partial charge < -0.3 is 14.7 Å². The van der Waals surface area contributed by atoms with Crippen molar-refractivity contribution in [2.75, 3.05) is 51.6 Å². The largest absolute Gasteiger partial charge is 0.342 e. The number of benzene rings is 6. The van der Waals surface area contributed by atoms with Crippen LogP contribution in [0.3, 0.4) is 0 Å². The second-order valence-corrected chi connectivity index (χ2v) is 24.8. The first kappa shape index (κ1) is 54.2. The third-order valence-corrected chi connectivity index (χ3v) is 21.8. The van der Waals surface area contributed by atoms with Gasteiger partial charge in [-0.1, -0.05) is 159 Å². The fraction of sp³-hybridized carbons (Fsp3) is 0.339. The van der Waals surface area contributed by atoms with Gasteiger partial charge in [-0.15, -0.1) is 0 Å². The smallest absolute Gasteiger partial charge is 0.261 e. The van der Waals surface area contributed by atoms with Crippen LogP contribution in [-0.4, -0.2) is 84.0 Å². The number of hydrogen-bond donors (Lipinski definition) is 0. The van der Waals surface area contributed by atoms with Crippen molar-refractivity contribution in [3.8, 4) is 0 Å². The highest BCUT2D eigenvalue weighted by atomic mass is 31.2. The number of hydrogen-bond acceptors (Lipinski definition) is 3. The van der Waals surface area contributed by atoms with E-state index in [1.165, 1.54) is 31.8 Å². The maximum atomic E-state index is 13.8.